The molecular weight excluding hydrogens is 382 g/mol. The van der Waals surface area contributed by atoms with Crippen molar-refractivity contribution in [3.63, 3.8) is 0 Å². The van der Waals surface area contributed by atoms with E-state index in [4.69, 9.17) is 11.6 Å². The third-order valence-electron chi connectivity index (χ3n) is 4.66. The molecule has 0 radical (unpaired) electrons. The predicted octanol–water partition coefficient (Wildman–Crippen LogP) is 3.64. The van der Waals surface area contributed by atoms with E-state index in [1.807, 2.05) is 24.3 Å². The van der Waals surface area contributed by atoms with Gasteiger partial charge in [0.05, 0.1) is 12.0 Å². The number of thioether (sulfide) groups is 1. The molecule has 3 rings (SSSR count). The summed E-state index contributed by atoms with van der Waals surface area (Å²) in [5.41, 5.74) is 2.51. The van der Waals surface area contributed by atoms with Crippen molar-refractivity contribution in [1.29, 1.82) is 0 Å². The minimum Gasteiger partial charge on any atom is -0.548 e. The lowest BCUT2D eigenvalue weighted by molar-refractivity contribution is -0.310. The number of carboxylic acids is 1. The molecule has 1 amide bonds. The standard InChI is InChI=1S/C21H22ClNO3S/c1-21(2,3)15-8-4-14(5-9-15)19-23(17(12-27-19)20(25)26)18(24)13-6-10-16(22)11-7-13/h4-11,17,19H,12H2,1-3H3,(H,25,26)/p-1/t17-,19+/m1/s1. The summed E-state index contributed by atoms with van der Waals surface area (Å²) in [5.74, 6) is -1.28. The Labute approximate surface area is 168 Å². The summed E-state index contributed by atoms with van der Waals surface area (Å²) < 4.78 is 0. The van der Waals surface area contributed by atoms with Crippen molar-refractivity contribution in [3.8, 4) is 0 Å². The third-order valence-corrected chi connectivity index (χ3v) is 6.24. The fraction of sp³-hybridized carbons (Fsp3) is 0.333. The smallest absolute Gasteiger partial charge is 0.255 e. The lowest BCUT2D eigenvalue weighted by atomic mass is 9.86. The number of carbonyl (C=O) groups excluding carboxylic acids is 2. The van der Waals surface area contributed by atoms with Crippen LogP contribution in [0.1, 0.15) is 47.6 Å². The quantitative estimate of drug-likeness (QED) is 0.786. The Hall–Kier alpha value is -1.98. The van der Waals surface area contributed by atoms with Gasteiger partial charge in [0.25, 0.3) is 5.91 Å². The van der Waals surface area contributed by atoms with Crippen molar-refractivity contribution in [2.45, 2.75) is 37.6 Å². The summed E-state index contributed by atoms with van der Waals surface area (Å²) in [6.07, 6.45) is 0. The Bertz CT molecular complexity index is 843. The molecule has 0 spiro atoms. The fourth-order valence-corrected chi connectivity index (χ4v) is 4.62. The zero-order chi connectivity index (χ0) is 19.8. The number of nitrogens with zero attached hydrogens (tertiary/aromatic N) is 1. The maximum absolute atomic E-state index is 13.1. The Kier molecular flexibility index (Phi) is 5.54. The van der Waals surface area contributed by atoms with E-state index in [2.05, 4.69) is 20.8 Å². The van der Waals surface area contributed by atoms with Gasteiger partial charge in [0, 0.05) is 16.3 Å². The molecular formula is C21H21ClNO3S-. The molecule has 2 aromatic rings. The van der Waals surface area contributed by atoms with E-state index in [1.165, 1.54) is 22.2 Å². The van der Waals surface area contributed by atoms with Crippen LogP contribution in [0.15, 0.2) is 48.5 Å². The number of amides is 1. The number of aliphatic carboxylic acids is 1. The summed E-state index contributed by atoms with van der Waals surface area (Å²) >= 11 is 7.34. The number of carbonyl (C=O) groups is 2. The zero-order valence-electron chi connectivity index (χ0n) is 15.4. The molecule has 1 fully saturated rings. The summed E-state index contributed by atoms with van der Waals surface area (Å²) in [4.78, 5) is 26.1. The molecule has 1 aliphatic heterocycles. The topological polar surface area (TPSA) is 60.4 Å². The van der Waals surface area contributed by atoms with Crippen LogP contribution in [-0.2, 0) is 10.2 Å². The SMILES string of the molecule is CC(C)(C)c1ccc([C@@H]2SC[C@H](C(=O)[O-])N2C(=O)c2ccc(Cl)cc2)cc1. The molecule has 0 N–H and O–H groups in total. The summed E-state index contributed by atoms with van der Waals surface area (Å²) in [7, 11) is 0. The molecule has 0 unspecified atom stereocenters. The summed E-state index contributed by atoms with van der Waals surface area (Å²) in [6, 6.07) is 13.5. The second-order valence-corrected chi connectivity index (χ2v) is 9.16. The second-order valence-electron chi connectivity index (χ2n) is 7.61. The highest BCUT2D eigenvalue weighted by atomic mass is 35.5. The number of carboxylic acid groups (broad SMARTS) is 1. The van der Waals surface area contributed by atoms with Crippen LogP contribution in [0, 0.1) is 0 Å². The van der Waals surface area contributed by atoms with Gasteiger partial charge in [-0.05, 0) is 40.8 Å². The van der Waals surface area contributed by atoms with Gasteiger partial charge in [-0.2, -0.15) is 0 Å². The highest BCUT2D eigenvalue weighted by Gasteiger charge is 2.39. The average molecular weight is 403 g/mol. The first kappa shape index (κ1) is 19.8. The van der Waals surface area contributed by atoms with Crippen LogP contribution in [0.3, 0.4) is 0 Å². The van der Waals surface area contributed by atoms with Crippen molar-refractivity contribution in [2.24, 2.45) is 0 Å². The lowest BCUT2D eigenvalue weighted by Gasteiger charge is -2.30. The van der Waals surface area contributed by atoms with E-state index >= 15 is 0 Å². The Morgan fingerprint density at radius 1 is 1.07 bits per heavy atom. The van der Waals surface area contributed by atoms with Gasteiger partial charge in [-0.3, -0.25) is 4.79 Å². The van der Waals surface area contributed by atoms with Crippen molar-refractivity contribution in [3.05, 3.63) is 70.2 Å². The molecule has 27 heavy (non-hydrogen) atoms. The Balaban J connectivity index is 1.95. The number of rotatable bonds is 3. The van der Waals surface area contributed by atoms with Crippen LogP contribution in [0.5, 0.6) is 0 Å². The Morgan fingerprint density at radius 2 is 1.67 bits per heavy atom. The molecule has 1 aliphatic rings. The van der Waals surface area contributed by atoms with Gasteiger partial charge in [0.2, 0.25) is 0 Å². The molecule has 142 valence electrons. The number of benzene rings is 2. The monoisotopic (exact) mass is 402 g/mol. The van der Waals surface area contributed by atoms with Crippen LogP contribution >= 0.6 is 23.4 Å². The number of hydrogen-bond acceptors (Lipinski definition) is 4. The van der Waals surface area contributed by atoms with Crippen molar-refractivity contribution in [1.82, 2.24) is 4.90 Å². The van der Waals surface area contributed by atoms with Crippen molar-refractivity contribution >= 4 is 35.2 Å². The molecule has 0 bridgehead atoms. The van der Waals surface area contributed by atoms with Gasteiger partial charge >= 0.3 is 0 Å². The second kappa shape index (κ2) is 7.56. The molecule has 2 atom stereocenters. The zero-order valence-corrected chi connectivity index (χ0v) is 17.0. The minimum atomic E-state index is -1.24. The van der Waals surface area contributed by atoms with E-state index in [1.54, 1.807) is 24.3 Å². The highest BCUT2D eigenvalue weighted by Crippen LogP contribution is 2.42. The summed E-state index contributed by atoms with van der Waals surface area (Å²) in [5, 5.41) is 11.8. The molecule has 1 heterocycles. The van der Waals surface area contributed by atoms with Gasteiger partial charge < -0.3 is 14.8 Å². The lowest BCUT2D eigenvalue weighted by Crippen LogP contribution is -2.49. The largest absolute Gasteiger partial charge is 0.548 e. The molecule has 0 aromatic heterocycles. The van der Waals surface area contributed by atoms with Crippen LogP contribution in [-0.4, -0.2) is 28.6 Å². The fourth-order valence-electron chi connectivity index (χ4n) is 3.08. The molecule has 0 aliphatic carbocycles. The van der Waals surface area contributed by atoms with Gasteiger partial charge in [-0.1, -0.05) is 56.6 Å². The minimum absolute atomic E-state index is 0.0215. The number of halogens is 1. The van der Waals surface area contributed by atoms with E-state index in [-0.39, 0.29) is 16.7 Å². The maximum atomic E-state index is 13.1. The normalized spacial score (nSPS) is 19.9. The molecule has 4 nitrogen and oxygen atoms in total. The van der Waals surface area contributed by atoms with Gasteiger partial charge in [-0.25, -0.2) is 0 Å². The van der Waals surface area contributed by atoms with E-state index < -0.39 is 12.0 Å². The average Bonchev–Trinajstić information content (AvgIpc) is 3.06. The third kappa shape index (κ3) is 4.14. The van der Waals surface area contributed by atoms with Crippen LogP contribution < -0.4 is 5.11 Å². The Morgan fingerprint density at radius 3 is 2.19 bits per heavy atom. The van der Waals surface area contributed by atoms with Crippen molar-refractivity contribution < 1.29 is 14.7 Å². The van der Waals surface area contributed by atoms with E-state index in [9.17, 15) is 14.7 Å². The molecule has 0 saturated carbocycles. The first-order valence-corrected chi connectivity index (χ1v) is 10.1. The molecule has 6 heteroatoms. The van der Waals surface area contributed by atoms with Crippen LogP contribution in [0.4, 0.5) is 0 Å². The molecule has 1 saturated heterocycles. The maximum Gasteiger partial charge on any atom is 0.255 e. The van der Waals surface area contributed by atoms with Gasteiger partial charge in [0.15, 0.2) is 0 Å². The first-order chi connectivity index (χ1) is 12.7. The highest BCUT2D eigenvalue weighted by molar-refractivity contribution is 7.99. The van der Waals surface area contributed by atoms with E-state index in [0.29, 0.717) is 16.3 Å². The van der Waals surface area contributed by atoms with E-state index in [0.717, 1.165) is 5.56 Å². The molecule has 2 aromatic carbocycles. The van der Waals surface area contributed by atoms with Crippen LogP contribution in [0.2, 0.25) is 5.02 Å². The summed E-state index contributed by atoms with van der Waals surface area (Å²) in [6.45, 7) is 6.40. The first-order valence-electron chi connectivity index (χ1n) is 8.69. The van der Waals surface area contributed by atoms with Crippen LogP contribution in [0.25, 0.3) is 0 Å². The number of hydrogen-bond donors (Lipinski definition) is 0. The van der Waals surface area contributed by atoms with Gasteiger partial charge in [-0.15, -0.1) is 11.8 Å². The van der Waals surface area contributed by atoms with Crippen molar-refractivity contribution in [2.75, 3.05) is 5.75 Å². The predicted molar refractivity (Wildman–Crippen MR) is 107 cm³/mol. The van der Waals surface area contributed by atoms with Gasteiger partial charge in [0.1, 0.15) is 5.37 Å².